The van der Waals surface area contributed by atoms with Crippen LogP contribution in [-0.4, -0.2) is 79.0 Å². The molecule has 1 aromatic heterocycles. The van der Waals surface area contributed by atoms with E-state index in [2.05, 4.69) is 74.2 Å². The third-order valence-electron chi connectivity index (χ3n) is 8.47. The minimum Gasteiger partial charge on any atom is -0.495 e. The summed E-state index contributed by atoms with van der Waals surface area (Å²) in [6.45, 7) is 4.84. The van der Waals surface area contributed by atoms with Crippen molar-refractivity contribution in [2.45, 2.75) is 23.5 Å². The lowest BCUT2D eigenvalue weighted by molar-refractivity contribution is -0.132. The summed E-state index contributed by atoms with van der Waals surface area (Å²) in [6, 6.07) is 18.7. The topological polar surface area (TPSA) is 78.3 Å². The summed E-state index contributed by atoms with van der Waals surface area (Å²) in [5, 5.41) is 20.2. The van der Waals surface area contributed by atoms with E-state index in [4.69, 9.17) is 14.6 Å². The Morgan fingerprint density at radius 3 is 2.37 bits per heavy atom. The molecule has 202 valence electrons. The van der Waals surface area contributed by atoms with Crippen molar-refractivity contribution >= 4 is 15.9 Å². The Labute approximate surface area is 233 Å². The van der Waals surface area contributed by atoms with Crippen LogP contribution in [0.5, 0.6) is 11.5 Å². The summed E-state index contributed by atoms with van der Waals surface area (Å²) in [7, 11) is 4.81. The highest BCUT2D eigenvalue weighted by Gasteiger charge is 2.73. The third-order valence-corrected chi connectivity index (χ3v) is 8.99. The number of rotatable bonds is 5. The SMILES string of the molecule is CO.COc1cncc2c1C1(O)C(CN3CCN(C)CC3)CC(c3ccccc3)C1(c1ccc(Br)cc1)O2. The van der Waals surface area contributed by atoms with Crippen molar-refractivity contribution in [3.05, 3.63) is 88.2 Å². The number of likely N-dealkylation sites (N-methyl/N-ethyl adjacent to an activating group) is 1. The molecule has 6 rings (SSSR count). The standard InChI is InChI=1S/C29H32BrN3O3.CH4O/c1-32-12-14-33(15-13-32)19-22-16-24(20-6-4-3-5-7-20)29(21-8-10-23(30)11-9-21)28(22,34)27-25(35-2)17-31-18-26(27)36-29;1-2/h3-11,17-18,22,24,34H,12-16,19H2,1-2H3;2H,1H3. The Bertz CT molecular complexity index is 1240. The molecule has 2 aliphatic heterocycles. The van der Waals surface area contributed by atoms with E-state index in [9.17, 15) is 5.11 Å². The van der Waals surface area contributed by atoms with Crippen LogP contribution in [0.25, 0.3) is 0 Å². The highest BCUT2D eigenvalue weighted by Crippen LogP contribution is 2.70. The van der Waals surface area contributed by atoms with Gasteiger partial charge in [-0.2, -0.15) is 0 Å². The molecule has 2 N–H and O–H groups in total. The molecule has 0 bridgehead atoms. The first kappa shape index (κ1) is 27.1. The Morgan fingerprint density at radius 1 is 1.03 bits per heavy atom. The van der Waals surface area contributed by atoms with E-state index in [-0.39, 0.29) is 11.8 Å². The van der Waals surface area contributed by atoms with Gasteiger partial charge in [-0.15, -0.1) is 0 Å². The van der Waals surface area contributed by atoms with Crippen molar-refractivity contribution in [3.63, 3.8) is 0 Å². The smallest absolute Gasteiger partial charge is 0.174 e. The maximum Gasteiger partial charge on any atom is 0.174 e. The zero-order chi connectivity index (χ0) is 26.9. The number of fused-ring (bicyclic) bond motifs is 3. The van der Waals surface area contributed by atoms with Crippen LogP contribution in [0.3, 0.4) is 0 Å². The zero-order valence-corrected chi connectivity index (χ0v) is 23.8. The number of aromatic nitrogens is 1. The maximum absolute atomic E-state index is 13.2. The van der Waals surface area contributed by atoms with Gasteiger partial charge in [0.05, 0.1) is 25.1 Å². The van der Waals surface area contributed by atoms with Crippen LogP contribution in [0.1, 0.15) is 29.0 Å². The largest absolute Gasteiger partial charge is 0.495 e. The van der Waals surface area contributed by atoms with Crippen molar-refractivity contribution in [1.82, 2.24) is 14.8 Å². The normalized spacial score (nSPS) is 28.6. The first-order valence-electron chi connectivity index (χ1n) is 13.1. The van der Waals surface area contributed by atoms with Crippen LogP contribution in [-0.2, 0) is 11.2 Å². The molecule has 1 aliphatic carbocycles. The minimum absolute atomic E-state index is 0.0561. The predicted octanol–water partition coefficient (Wildman–Crippen LogP) is 3.99. The Hall–Kier alpha value is -2.49. The first-order chi connectivity index (χ1) is 18.5. The molecule has 4 unspecified atom stereocenters. The van der Waals surface area contributed by atoms with E-state index < -0.39 is 11.2 Å². The molecule has 3 aromatic rings. The van der Waals surface area contributed by atoms with Crippen LogP contribution in [0.2, 0.25) is 0 Å². The average molecular weight is 583 g/mol. The Balaban J connectivity index is 0.00000144. The van der Waals surface area contributed by atoms with E-state index in [1.807, 2.05) is 18.2 Å². The molecule has 3 aliphatic rings. The fourth-order valence-electron chi connectivity index (χ4n) is 6.72. The summed E-state index contributed by atoms with van der Waals surface area (Å²) < 4.78 is 13.7. The molecule has 4 atom stereocenters. The average Bonchev–Trinajstić information content (AvgIpc) is 3.37. The number of aliphatic hydroxyl groups excluding tert-OH is 1. The molecule has 2 aromatic carbocycles. The van der Waals surface area contributed by atoms with Gasteiger partial charge in [0.1, 0.15) is 17.1 Å². The van der Waals surface area contributed by atoms with Gasteiger partial charge in [0, 0.05) is 56.1 Å². The van der Waals surface area contributed by atoms with Gasteiger partial charge in [-0.1, -0.05) is 58.4 Å². The van der Waals surface area contributed by atoms with Gasteiger partial charge in [0.25, 0.3) is 0 Å². The lowest BCUT2D eigenvalue weighted by Crippen LogP contribution is -2.53. The molecule has 8 heteroatoms. The second-order valence-electron chi connectivity index (χ2n) is 10.3. The van der Waals surface area contributed by atoms with Gasteiger partial charge in [0.2, 0.25) is 0 Å². The Morgan fingerprint density at radius 2 is 1.71 bits per heavy atom. The molecule has 3 heterocycles. The van der Waals surface area contributed by atoms with E-state index in [0.29, 0.717) is 11.5 Å². The van der Waals surface area contributed by atoms with Crippen molar-refractivity contribution in [2.24, 2.45) is 5.92 Å². The highest BCUT2D eigenvalue weighted by molar-refractivity contribution is 9.10. The summed E-state index contributed by atoms with van der Waals surface area (Å²) in [6.07, 6.45) is 4.22. The molecular formula is C30H36BrN3O4. The summed E-state index contributed by atoms with van der Waals surface area (Å²) in [5.41, 5.74) is 0.542. The fourth-order valence-corrected chi connectivity index (χ4v) is 6.98. The van der Waals surface area contributed by atoms with E-state index in [0.717, 1.165) is 61.9 Å². The number of benzene rings is 2. The van der Waals surface area contributed by atoms with Gasteiger partial charge < -0.3 is 29.5 Å². The quantitative estimate of drug-likeness (QED) is 0.471. The number of piperazine rings is 1. The molecule has 38 heavy (non-hydrogen) atoms. The zero-order valence-electron chi connectivity index (χ0n) is 22.2. The van der Waals surface area contributed by atoms with Gasteiger partial charge in [-0.25, -0.2) is 0 Å². The van der Waals surface area contributed by atoms with Crippen LogP contribution in [0.4, 0.5) is 0 Å². The maximum atomic E-state index is 13.2. The minimum atomic E-state index is -1.30. The van der Waals surface area contributed by atoms with E-state index in [1.54, 1.807) is 19.5 Å². The molecule has 1 saturated carbocycles. The van der Waals surface area contributed by atoms with Crippen molar-refractivity contribution in [2.75, 3.05) is 54.0 Å². The lowest BCUT2D eigenvalue weighted by atomic mass is 9.70. The number of hydrogen-bond acceptors (Lipinski definition) is 7. The summed E-state index contributed by atoms with van der Waals surface area (Å²) >= 11 is 3.59. The fraction of sp³-hybridized carbons (Fsp3) is 0.433. The van der Waals surface area contributed by atoms with Gasteiger partial charge in [0.15, 0.2) is 5.60 Å². The number of ether oxygens (including phenoxy) is 2. The van der Waals surface area contributed by atoms with Crippen molar-refractivity contribution < 1.29 is 19.7 Å². The van der Waals surface area contributed by atoms with Crippen LogP contribution in [0, 0.1) is 5.92 Å². The molecule has 7 nitrogen and oxygen atoms in total. The van der Waals surface area contributed by atoms with Crippen LogP contribution >= 0.6 is 15.9 Å². The monoisotopic (exact) mass is 581 g/mol. The molecular weight excluding hydrogens is 546 g/mol. The van der Waals surface area contributed by atoms with Crippen molar-refractivity contribution in [1.29, 1.82) is 0 Å². The Kier molecular flexibility index (Phi) is 7.80. The van der Waals surface area contributed by atoms with Crippen LogP contribution in [0.15, 0.2) is 71.5 Å². The predicted molar refractivity (Wildman–Crippen MR) is 151 cm³/mol. The number of methoxy groups -OCH3 is 1. The number of pyridine rings is 1. The van der Waals surface area contributed by atoms with Gasteiger partial charge in [-0.05, 0) is 36.7 Å². The first-order valence-corrected chi connectivity index (χ1v) is 13.9. The number of aliphatic hydroxyl groups is 2. The van der Waals surface area contributed by atoms with Gasteiger partial charge >= 0.3 is 0 Å². The number of hydrogen-bond donors (Lipinski definition) is 2. The lowest BCUT2D eigenvalue weighted by Gasteiger charge is -2.43. The second kappa shape index (κ2) is 10.9. The molecule has 1 saturated heterocycles. The highest BCUT2D eigenvalue weighted by atomic mass is 79.9. The van der Waals surface area contributed by atoms with E-state index >= 15 is 0 Å². The van der Waals surface area contributed by atoms with Crippen LogP contribution < -0.4 is 9.47 Å². The summed E-state index contributed by atoms with van der Waals surface area (Å²) in [4.78, 5) is 9.24. The molecule has 0 amide bonds. The number of halogens is 1. The van der Waals surface area contributed by atoms with Crippen molar-refractivity contribution in [3.8, 4) is 11.5 Å². The van der Waals surface area contributed by atoms with E-state index in [1.165, 1.54) is 5.56 Å². The number of nitrogens with zero attached hydrogens (tertiary/aromatic N) is 3. The molecule has 0 spiro atoms. The molecule has 0 radical (unpaired) electrons. The summed E-state index contributed by atoms with van der Waals surface area (Å²) in [5.74, 6) is 1.06. The second-order valence-corrected chi connectivity index (χ2v) is 11.2. The third kappa shape index (κ3) is 4.23. The molecule has 2 fully saturated rings. The van der Waals surface area contributed by atoms with Gasteiger partial charge in [-0.3, -0.25) is 4.98 Å².